The normalized spacial score (nSPS) is 10.5. The number of nitrogens with one attached hydrogen (secondary N) is 1. The molecule has 0 radical (unpaired) electrons. The van der Waals surface area contributed by atoms with Gasteiger partial charge in [-0.1, -0.05) is 30.3 Å². The molecule has 1 aromatic carbocycles. The molecule has 1 aromatic heterocycles. The minimum atomic E-state index is 0.0430. The molecule has 0 bridgehead atoms. The Kier molecular flexibility index (Phi) is 6.19. The van der Waals surface area contributed by atoms with Crippen LogP contribution in [0.25, 0.3) is 0 Å². The van der Waals surface area contributed by atoms with Crippen molar-refractivity contribution < 1.29 is 4.79 Å². The van der Waals surface area contributed by atoms with E-state index in [-0.39, 0.29) is 5.91 Å². The number of carbonyl (C=O) groups is 1. The van der Waals surface area contributed by atoms with Crippen molar-refractivity contribution in [3.8, 4) is 0 Å². The highest BCUT2D eigenvalue weighted by Crippen LogP contribution is 2.12. The lowest BCUT2D eigenvalue weighted by atomic mass is 10.3. The van der Waals surface area contributed by atoms with Gasteiger partial charge in [0.15, 0.2) is 0 Å². The largest absolute Gasteiger partial charge is 0.326 e. The first-order valence-electron chi connectivity index (χ1n) is 6.98. The molecule has 0 saturated heterocycles. The van der Waals surface area contributed by atoms with Crippen LogP contribution < -0.4 is 5.32 Å². The molecule has 0 aliphatic rings. The summed E-state index contributed by atoms with van der Waals surface area (Å²) >= 11 is 1.74. The molecule has 3 nitrogen and oxygen atoms in total. The van der Waals surface area contributed by atoms with Crippen molar-refractivity contribution >= 4 is 22.9 Å². The van der Waals surface area contributed by atoms with E-state index >= 15 is 0 Å². The Morgan fingerprint density at radius 3 is 2.71 bits per heavy atom. The van der Waals surface area contributed by atoms with Crippen molar-refractivity contribution in [1.29, 1.82) is 0 Å². The van der Waals surface area contributed by atoms with Crippen LogP contribution in [0.5, 0.6) is 0 Å². The van der Waals surface area contributed by atoms with E-state index in [0.717, 1.165) is 25.3 Å². The van der Waals surface area contributed by atoms with Gasteiger partial charge in [-0.3, -0.25) is 9.69 Å². The standard InChI is InChI=1S/C17H20N2OS/c1-2-11-19(14-16-9-6-13-21-16)12-10-17(20)18-15-7-4-3-5-8-15/h2-9,13H,1,10-12,14H2,(H,18,20). The summed E-state index contributed by atoms with van der Waals surface area (Å²) in [5.41, 5.74) is 0.844. The summed E-state index contributed by atoms with van der Waals surface area (Å²) in [6.07, 6.45) is 2.36. The predicted molar refractivity (Wildman–Crippen MR) is 89.5 cm³/mol. The number of anilines is 1. The molecule has 1 N–H and O–H groups in total. The van der Waals surface area contributed by atoms with E-state index in [9.17, 15) is 4.79 Å². The third-order valence-electron chi connectivity index (χ3n) is 3.06. The highest BCUT2D eigenvalue weighted by atomic mass is 32.1. The van der Waals surface area contributed by atoms with Gasteiger partial charge in [-0.15, -0.1) is 17.9 Å². The third kappa shape index (κ3) is 5.53. The van der Waals surface area contributed by atoms with Crippen LogP contribution in [0.4, 0.5) is 5.69 Å². The number of hydrogen-bond donors (Lipinski definition) is 1. The molecule has 0 aliphatic heterocycles. The molecule has 1 amide bonds. The second kappa shape index (κ2) is 8.39. The Bertz CT molecular complexity index is 551. The van der Waals surface area contributed by atoms with Crippen LogP contribution >= 0.6 is 11.3 Å². The Labute approximate surface area is 129 Å². The molecule has 0 fully saturated rings. The minimum absolute atomic E-state index is 0.0430. The fraction of sp³-hybridized carbons (Fsp3) is 0.235. The first-order chi connectivity index (χ1) is 10.3. The Morgan fingerprint density at radius 2 is 2.05 bits per heavy atom. The van der Waals surface area contributed by atoms with Gasteiger partial charge in [-0.2, -0.15) is 0 Å². The van der Waals surface area contributed by atoms with Gasteiger partial charge in [0.25, 0.3) is 0 Å². The molecular formula is C17H20N2OS. The Hall–Kier alpha value is -1.91. The van der Waals surface area contributed by atoms with Gasteiger partial charge >= 0.3 is 0 Å². The average molecular weight is 300 g/mol. The second-order valence-corrected chi connectivity index (χ2v) is 5.80. The van der Waals surface area contributed by atoms with Crippen LogP contribution in [-0.4, -0.2) is 23.9 Å². The number of benzene rings is 1. The highest BCUT2D eigenvalue weighted by molar-refractivity contribution is 7.09. The smallest absolute Gasteiger partial charge is 0.225 e. The quantitative estimate of drug-likeness (QED) is 0.753. The van der Waals surface area contributed by atoms with Crippen LogP contribution in [0, 0.1) is 0 Å². The zero-order valence-electron chi connectivity index (χ0n) is 12.0. The molecule has 0 atom stereocenters. The van der Waals surface area contributed by atoms with Crippen molar-refractivity contribution in [1.82, 2.24) is 4.90 Å². The van der Waals surface area contributed by atoms with Crippen LogP contribution in [0.1, 0.15) is 11.3 Å². The molecule has 4 heteroatoms. The minimum Gasteiger partial charge on any atom is -0.326 e. The lowest BCUT2D eigenvalue weighted by Crippen LogP contribution is -2.27. The zero-order valence-corrected chi connectivity index (χ0v) is 12.8. The van der Waals surface area contributed by atoms with Crippen molar-refractivity contribution in [3.63, 3.8) is 0 Å². The molecular weight excluding hydrogens is 280 g/mol. The van der Waals surface area contributed by atoms with Crippen molar-refractivity contribution in [2.24, 2.45) is 0 Å². The molecule has 0 unspecified atom stereocenters. The zero-order chi connectivity index (χ0) is 14.9. The van der Waals surface area contributed by atoms with E-state index in [0.29, 0.717) is 6.42 Å². The molecule has 1 heterocycles. The van der Waals surface area contributed by atoms with Gasteiger partial charge in [0, 0.05) is 36.6 Å². The van der Waals surface area contributed by atoms with E-state index in [4.69, 9.17) is 0 Å². The van der Waals surface area contributed by atoms with Gasteiger partial charge in [-0.05, 0) is 23.6 Å². The fourth-order valence-corrected chi connectivity index (χ4v) is 2.79. The summed E-state index contributed by atoms with van der Waals surface area (Å²) in [4.78, 5) is 15.5. The van der Waals surface area contributed by atoms with E-state index in [1.807, 2.05) is 42.5 Å². The van der Waals surface area contributed by atoms with Gasteiger partial charge in [0.2, 0.25) is 5.91 Å². The second-order valence-electron chi connectivity index (χ2n) is 4.77. The molecule has 21 heavy (non-hydrogen) atoms. The third-order valence-corrected chi connectivity index (χ3v) is 3.92. The molecule has 2 rings (SSSR count). The fourth-order valence-electron chi connectivity index (χ4n) is 2.05. The van der Waals surface area contributed by atoms with E-state index in [1.54, 1.807) is 11.3 Å². The summed E-state index contributed by atoms with van der Waals surface area (Å²) in [6, 6.07) is 13.7. The molecule has 0 saturated carbocycles. The van der Waals surface area contributed by atoms with Crippen LogP contribution in [0.3, 0.4) is 0 Å². The van der Waals surface area contributed by atoms with Crippen molar-refractivity contribution in [2.45, 2.75) is 13.0 Å². The maximum atomic E-state index is 12.0. The lowest BCUT2D eigenvalue weighted by molar-refractivity contribution is -0.116. The van der Waals surface area contributed by atoms with Crippen LogP contribution in [0.2, 0.25) is 0 Å². The topological polar surface area (TPSA) is 32.3 Å². The number of rotatable bonds is 8. The molecule has 110 valence electrons. The summed E-state index contributed by atoms with van der Waals surface area (Å²) in [5, 5.41) is 4.98. The lowest BCUT2D eigenvalue weighted by Gasteiger charge is -2.19. The number of amides is 1. The summed E-state index contributed by atoms with van der Waals surface area (Å²) in [7, 11) is 0. The SMILES string of the molecule is C=CCN(CCC(=O)Nc1ccccc1)Cc1cccs1. The van der Waals surface area contributed by atoms with Gasteiger partial charge in [0.1, 0.15) is 0 Å². The molecule has 0 aliphatic carbocycles. The maximum absolute atomic E-state index is 12.0. The van der Waals surface area contributed by atoms with Crippen LogP contribution in [-0.2, 0) is 11.3 Å². The number of carbonyl (C=O) groups excluding carboxylic acids is 1. The molecule has 2 aromatic rings. The number of para-hydroxylation sites is 1. The van der Waals surface area contributed by atoms with Crippen LogP contribution in [0.15, 0.2) is 60.5 Å². The Morgan fingerprint density at radius 1 is 1.24 bits per heavy atom. The van der Waals surface area contributed by atoms with Crippen molar-refractivity contribution in [3.05, 3.63) is 65.4 Å². The Balaban J connectivity index is 1.80. The van der Waals surface area contributed by atoms with E-state index in [2.05, 4.69) is 28.2 Å². The molecule has 0 spiro atoms. The summed E-state index contributed by atoms with van der Waals surface area (Å²) < 4.78 is 0. The summed E-state index contributed by atoms with van der Waals surface area (Å²) in [6.45, 7) is 6.16. The average Bonchev–Trinajstić information content (AvgIpc) is 2.99. The highest BCUT2D eigenvalue weighted by Gasteiger charge is 2.08. The van der Waals surface area contributed by atoms with Gasteiger partial charge in [0.05, 0.1) is 0 Å². The van der Waals surface area contributed by atoms with E-state index in [1.165, 1.54) is 4.88 Å². The maximum Gasteiger partial charge on any atom is 0.225 e. The van der Waals surface area contributed by atoms with Crippen molar-refractivity contribution in [2.75, 3.05) is 18.4 Å². The predicted octanol–water partition coefficient (Wildman–Crippen LogP) is 3.76. The number of hydrogen-bond acceptors (Lipinski definition) is 3. The van der Waals surface area contributed by atoms with Gasteiger partial charge in [-0.25, -0.2) is 0 Å². The van der Waals surface area contributed by atoms with Gasteiger partial charge < -0.3 is 5.32 Å². The number of thiophene rings is 1. The monoisotopic (exact) mass is 300 g/mol. The van der Waals surface area contributed by atoms with E-state index < -0.39 is 0 Å². The first-order valence-corrected chi connectivity index (χ1v) is 7.86. The number of nitrogens with zero attached hydrogens (tertiary/aromatic N) is 1. The first kappa shape index (κ1) is 15.5. The summed E-state index contributed by atoms with van der Waals surface area (Å²) in [5.74, 6) is 0.0430.